The van der Waals surface area contributed by atoms with Crippen LogP contribution in [0, 0.1) is 6.92 Å². The number of ether oxygens (including phenoxy) is 2. The van der Waals surface area contributed by atoms with Gasteiger partial charge in [-0.3, -0.25) is 9.59 Å². The molecule has 3 aromatic rings. The zero-order valence-electron chi connectivity index (χ0n) is 17.5. The first kappa shape index (κ1) is 24.3. The number of rotatable bonds is 11. The lowest BCUT2D eigenvalue weighted by Crippen LogP contribution is -2.15. The van der Waals surface area contributed by atoms with Crippen LogP contribution < -0.4 is 14.8 Å². The molecule has 1 amide bonds. The molecule has 0 saturated carbocycles. The van der Waals surface area contributed by atoms with E-state index >= 15 is 0 Å². The summed E-state index contributed by atoms with van der Waals surface area (Å²) in [6.07, 6.45) is 0. The van der Waals surface area contributed by atoms with Crippen LogP contribution in [-0.4, -0.2) is 42.0 Å². The maximum atomic E-state index is 12.9. The van der Waals surface area contributed by atoms with Gasteiger partial charge in [-0.1, -0.05) is 0 Å². The molecule has 0 bridgehead atoms. The van der Waals surface area contributed by atoms with Gasteiger partial charge in [0, 0.05) is 15.3 Å². The smallest absolute Gasteiger partial charge is 0.341 e. The van der Waals surface area contributed by atoms with Gasteiger partial charge in [-0.15, -0.1) is 23.1 Å². The number of benzene rings is 2. The van der Waals surface area contributed by atoms with Crippen LogP contribution >= 0.6 is 23.1 Å². The zero-order valence-corrected chi connectivity index (χ0v) is 19.1. The molecule has 172 valence electrons. The summed E-state index contributed by atoms with van der Waals surface area (Å²) in [5.41, 5.74) is 0.782. The molecule has 3 rings (SSSR count). The van der Waals surface area contributed by atoms with Crippen molar-refractivity contribution in [2.45, 2.75) is 11.8 Å². The molecular weight excluding hydrogens is 469 g/mol. The van der Waals surface area contributed by atoms with E-state index in [2.05, 4.69) is 5.32 Å². The van der Waals surface area contributed by atoms with Crippen LogP contribution in [0.15, 0.2) is 59.5 Å². The Bertz CT molecular complexity index is 1130. The molecule has 1 heterocycles. The first-order valence-corrected chi connectivity index (χ1v) is 11.5. The van der Waals surface area contributed by atoms with Crippen LogP contribution in [0.2, 0.25) is 0 Å². The molecule has 0 aliphatic rings. The van der Waals surface area contributed by atoms with Gasteiger partial charge in [-0.05, 0) is 61.5 Å². The van der Waals surface area contributed by atoms with Crippen molar-refractivity contribution in [2.75, 3.05) is 24.5 Å². The van der Waals surface area contributed by atoms with Crippen molar-refractivity contribution >= 4 is 45.8 Å². The lowest BCUT2D eigenvalue weighted by molar-refractivity contribution is -0.139. The molecule has 2 aromatic carbocycles. The summed E-state index contributed by atoms with van der Waals surface area (Å²) in [6.45, 7) is 0.470. The maximum absolute atomic E-state index is 12.9. The van der Waals surface area contributed by atoms with Crippen molar-refractivity contribution in [2.24, 2.45) is 0 Å². The van der Waals surface area contributed by atoms with E-state index in [1.807, 2.05) is 6.92 Å². The van der Waals surface area contributed by atoms with Crippen LogP contribution in [0.5, 0.6) is 11.5 Å². The molecule has 7 nitrogen and oxygen atoms in total. The number of nitrogens with one attached hydrogen (secondary N) is 1. The Morgan fingerprint density at radius 1 is 1.03 bits per heavy atom. The quantitative estimate of drug-likeness (QED) is 0.295. The van der Waals surface area contributed by atoms with Crippen molar-refractivity contribution in [1.29, 1.82) is 0 Å². The highest BCUT2D eigenvalue weighted by Gasteiger charge is 2.18. The molecule has 0 saturated heterocycles. The summed E-state index contributed by atoms with van der Waals surface area (Å²) in [6, 6.07) is 14.6. The summed E-state index contributed by atoms with van der Waals surface area (Å²) in [7, 11) is 0. The largest absolute Gasteiger partial charge is 0.482 e. The number of halogens is 1. The molecule has 0 unspecified atom stereocenters. The van der Waals surface area contributed by atoms with Gasteiger partial charge in [-0.25, -0.2) is 9.18 Å². The Hall–Kier alpha value is -3.37. The number of alkyl halides is 1. The third-order valence-electron chi connectivity index (χ3n) is 4.25. The Morgan fingerprint density at radius 2 is 1.67 bits per heavy atom. The Kier molecular flexibility index (Phi) is 8.45. The van der Waals surface area contributed by atoms with E-state index in [-0.39, 0.29) is 17.4 Å². The average Bonchev–Trinajstić information content (AvgIpc) is 3.17. The van der Waals surface area contributed by atoms with E-state index in [1.165, 1.54) is 35.2 Å². The van der Waals surface area contributed by atoms with Gasteiger partial charge in [0.15, 0.2) is 12.4 Å². The number of carbonyl (C=O) groups excluding carboxylic acids is 2. The highest BCUT2D eigenvalue weighted by molar-refractivity contribution is 8.00. The minimum atomic E-state index is -1.06. The number of ketones is 1. The highest BCUT2D eigenvalue weighted by Crippen LogP contribution is 2.31. The highest BCUT2D eigenvalue weighted by atomic mass is 32.2. The molecule has 2 N–H and O–H groups in total. The molecule has 33 heavy (non-hydrogen) atoms. The van der Waals surface area contributed by atoms with Crippen molar-refractivity contribution in [3.05, 3.63) is 70.6 Å². The van der Waals surface area contributed by atoms with Crippen LogP contribution in [0.3, 0.4) is 0 Å². The van der Waals surface area contributed by atoms with Gasteiger partial charge in [0.2, 0.25) is 12.8 Å². The van der Waals surface area contributed by atoms with Gasteiger partial charge in [0.25, 0.3) is 0 Å². The standard InChI is InChI=1S/C23H20FNO6S2/c1-14-10-19(22(29)15-2-4-17(5-3-15)31-13-24)23(33-14)25-20(26)12-32-18-8-6-16(7-9-18)30-11-21(27)28/h2-10H,11-13H2,1H3,(H,25,26)(H,27,28). The van der Waals surface area contributed by atoms with Crippen LogP contribution in [0.25, 0.3) is 0 Å². The first-order chi connectivity index (χ1) is 15.9. The lowest BCUT2D eigenvalue weighted by atomic mass is 10.0. The van der Waals surface area contributed by atoms with Crippen molar-refractivity contribution in [3.8, 4) is 11.5 Å². The second kappa shape index (κ2) is 11.5. The fraction of sp³-hybridized carbons (Fsp3) is 0.174. The number of carboxylic acids is 1. The summed E-state index contributed by atoms with van der Waals surface area (Å²) >= 11 is 2.60. The maximum Gasteiger partial charge on any atom is 0.341 e. The summed E-state index contributed by atoms with van der Waals surface area (Å²) in [4.78, 5) is 37.6. The van der Waals surface area contributed by atoms with E-state index in [0.717, 1.165) is 9.77 Å². The summed E-state index contributed by atoms with van der Waals surface area (Å²) in [5.74, 6) is -0.723. The van der Waals surface area contributed by atoms with Crippen molar-refractivity contribution < 1.29 is 33.4 Å². The third-order valence-corrected chi connectivity index (χ3v) is 6.22. The summed E-state index contributed by atoms with van der Waals surface area (Å²) < 4.78 is 22.1. The number of thiophene rings is 1. The zero-order chi connectivity index (χ0) is 23.8. The van der Waals surface area contributed by atoms with Gasteiger partial charge in [0.05, 0.1) is 11.3 Å². The van der Waals surface area contributed by atoms with E-state index < -0.39 is 19.4 Å². The number of anilines is 1. The molecule has 10 heteroatoms. The number of thioether (sulfide) groups is 1. The number of hydrogen-bond acceptors (Lipinski definition) is 7. The molecule has 0 aliphatic carbocycles. The number of hydrogen-bond donors (Lipinski definition) is 2. The molecule has 0 spiro atoms. The van der Waals surface area contributed by atoms with Gasteiger partial charge >= 0.3 is 5.97 Å². The van der Waals surface area contributed by atoms with E-state index in [4.69, 9.17) is 14.6 Å². The third kappa shape index (κ3) is 7.06. The topological polar surface area (TPSA) is 102 Å². The molecule has 0 fully saturated rings. The SMILES string of the molecule is Cc1cc(C(=O)c2ccc(OCF)cc2)c(NC(=O)CSc2ccc(OCC(=O)O)cc2)s1. The molecule has 0 radical (unpaired) electrons. The predicted molar refractivity (Wildman–Crippen MR) is 124 cm³/mol. The molecule has 0 atom stereocenters. The van der Waals surface area contributed by atoms with Crippen LogP contribution in [0.1, 0.15) is 20.8 Å². The molecule has 1 aromatic heterocycles. The van der Waals surface area contributed by atoms with Crippen LogP contribution in [0.4, 0.5) is 9.39 Å². The average molecular weight is 490 g/mol. The van der Waals surface area contributed by atoms with E-state index in [1.54, 1.807) is 42.5 Å². The monoisotopic (exact) mass is 489 g/mol. The van der Waals surface area contributed by atoms with Gasteiger partial charge < -0.3 is 19.9 Å². The summed E-state index contributed by atoms with van der Waals surface area (Å²) in [5, 5.41) is 11.9. The van der Waals surface area contributed by atoms with Crippen molar-refractivity contribution in [1.82, 2.24) is 0 Å². The lowest BCUT2D eigenvalue weighted by Gasteiger charge is -2.08. The number of carboxylic acid groups (broad SMARTS) is 1. The Balaban J connectivity index is 1.60. The van der Waals surface area contributed by atoms with Gasteiger partial charge in [0.1, 0.15) is 16.5 Å². The second-order valence-electron chi connectivity index (χ2n) is 6.70. The Labute approximate surface area is 197 Å². The van der Waals surface area contributed by atoms with Crippen LogP contribution in [-0.2, 0) is 9.59 Å². The fourth-order valence-corrected chi connectivity index (χ4v) is 4.41. The number of aliphatic carboxylic acids is 1. The minimum absolute atomic E-state index is 0.120. The predicted octanol–water partition coefficient (Wildman–Crippen LogP) is 4.79. The van der Waals surface area contributed by atoms with Gasteiger partial charge in [-0.2, -0.15) is 0 Å². The normalized spacial score (nSPS) is 10.5. The molecule has 0 aliphatic heterocycles. The number of carbonyl (C=O) groups is 3. The number of amides is 1. The first-order valence-electron chi connectivity index (χ1n) is 9.67. The minimum Gasteiger partial charge on any atom is -0.482 e. The number of aryl methyl sites for hydroxylation is 1. The fourth-order valence-electron chi connectivity index (χ4n) is 2.79. The Morgan fingerprint density at radius 3 is 2.30 bits per heavy atom. The second-order valence-corrected chi connectivity index (χ2v) is 9.00. The van der Waals surface area contributed by atoms with E-state index in [0.29, 0.717) is 27.6 Å². The molecular formula is C23H20FNO6S2. The van der Waals surface area contributed by atoms with Crippen molar-refractivity contribution in [3.63, 3.8) is 0 Å². The van der Waals surface area contributed by atoms with E-state index in [9.17, 15) is 18.8 Å².